The Morgan fingerprint density at radius 2 is 0.613 bits per heavy atom. The second-order valence-electron chi connectivity index (χ2n) is 21.8. The maximum Gasteiger partial charge on any atom is 0.338 e. The molecular weight excluding hydrogens is 1040 g/mol. The van der Waals surface area contributed by atoms with E-state index < -0.39 is 116 Å². The molecule has 0 aromatic heterocycles. The Labute approximate surface area is 467 Å². The van der Waals surface area contributed by atoms with Gasteiger partial charge in [-0.2, -0.15) is 0 Å². The first kappa shape index (κ1) is 60.0. The fourth-order valence-corrected chi connectivity index (χ4v) is 10.7. The van der Waals surface area contributed by atoms with Crippen molar-refractivity contribution in [3.05, 3.63) is 144 Å². The number of rotatable bonds is 19. The molecule has 17 nitrogen and oxygen atoms in total. The van der Waals surface area contributed by atoms with Crippen molar-refractivity contribution in [1.29, 1.82) is 0 Å². The number of alkyl halides is 1. The third-order valence-corrected chi connectivity index (χ3v) is 16.8. The lowest BCUT2D eigenvalue weighted by molar-refractivity contribution is -0.323. The van der Waals surface area contributed by atoms with Crippen molar-refractivity contribution in [2.75, 3.05) is 26.4 Å². The molecule has 0 radical (unpaired) electrons. The summed E-state index contributed by atoms with van der Waals surface area (Å²) in [4.78, 5) is 66.0. The average Bonchev–Trinajstić information content (AvgIpc) is 3.51. The van der Waals surface area contributed by atoms with Crippen LogP contribution in [-0.2, 0) is 61.6 Å². The highest BCUT2D eigenvalue weighted by Crippen LogP contribution is 2.40. The van der Waals surface area contributed by atoms with Crippen LogP contribution in [0.3, 0.4) is 0 Å². The van der Waals surface area contributed by atoms with E-state index in [4.69, 9.17) is 56.8 Å². The first-order chi connectivity index (χ1) is 38.4. The molecule has 4 aromatic rings. The minimum absolute atomic E-state index is 0.0421. The standard InChI is InChI=1S/C62H75FO17/c1-34-38(5)51(77-56(65)43-22-14-10-15-23-43)55(63)73-47(34)31-70-60-53(79-58(67)45-26-18-12-19-27-45)40(7)36(3)49(75-60)33-72-62-54(80-59(68)46-28-20-13-21-29-46)41(8)37(4)50(76-62)32-71-61-52(78-57(66)44-24-16-11-17-25-44)39(6)35(2)48(74-61)30-69-42(9)64/h10-29,34-41,47-55,60-62H,30-33H2,1-9H3. The smallest absolute Gasteiger partial charge is 0.338 e. The zero-order valence-electron chi connectivity index (χ0n) is 46.7. The topological polar surface area (TPSA) is 196 Å². The fraction of sp³-hybridized carbons (Fsp3) is 0.532. The van der Waals surface area contributed by atoms with E-state index in [1.807, 2.05) is 48.5 Å². The van der Waals surface area contributed by atoms with Crippen molar-refractivity contribution in [2.45, 2.75) is 136 Å². The molecule has 0 amide bonds. The van der Waals surface area contributed by atoms with E-state index >= 15 is 4.39 Å². The minimum Gasteiger partial charge on any atom is -0.463 e. The lowest BCUT2D eigenvalue weighted by atomic mass is 9.82. The number of carbonyl (C=O) groups excluding carboxylic acids is 5. The predicted octanol–water partition coefficient (Wildman–Crippen LogP) is 9.46. The molecule has 18 heteroatoms. The van der Waals surface area contributed by atoms with Crippen molar-refractivity contribution in [1.82, 2.24) is 0 Å². The molecule has 80 heavy (non-hydrogen) atoms. The summed E-state index contributed by atoms with van der Waals surface area (Å²) in [6.07, 6.45) is -12.2. The molecule has 0 aliphatic carbocycles. The summed E-state index contributed by atoms with van der Waals surface area (Å²) in [7, 11) is 0. The molecule has 20 unspecified atom stereocenters. The number of hydrogen-bond acceptors (Lipinski definition) is 17. The van der Waals surface area contributed by atoms with Gasteiger partial charge in [0.1, 0.15) is 6.61 Å². The van der Waals surface area contributed by atoms with Gasteiger partial charge in [0.05, 0.1) is 66.5 Å². The molecule has 0 bridgehead atoms. The van der Waals surface area contributed by atoms with Crippen LogP contribution < -0.4 is 0 Å². The molecule has 0 N–H and O–H groups in total. The third kappa shape index (κ3) is 14.5. The lowest BCUT2D eigenvalue weighted by Gasteiger charge is -2.47. The van der Waals surface area contributed by atoms with E-state index in [1.54, 1.807) is 128 Å². The summed E-state index contributed by atoms with van der Waals surface area (Å²) in [6, 6.07) is 34.1. The van der Waals surface area contributed by atoms with Gasteiger partial charge in [-0.25, -0.2) is 23.6 Å². The van der Waals surface area contributed by atoms with Crippen LogP contribution in [0.4, 0.5) is 4.39 Å². The zero-order valence-corrected chi connectivity index (χ0v) is 46.7. The molecule has 432 valence electrons. The maximum atomic E-state index is 15.9. The van der Waals surface area contributed by atoms with Gasteiger partial charge in [0.25, 0.3) is 0 Å². The summed E-state index contributed by atoms with van der Waals surface area (Å²) in [6.45, 7) is 16.2. The summed E-state index contributed by atoms with van der Waals surface area (Å²) in [5.41, 5.74) is 1.29. The van der Waals surface area contributed by atoms with E-state index in [2.05, 4.69) is 0 Å². The van der Waals surface area contributed by atoms with Crippen molar-refractivity contribution in [3.8, 4) is 0 Å². The maximum absolute atomic E-state index is 15.9. The molecule has 0 spiro atoms. The van der Waals surface area contributed by atoms with Crippen molar-refractivity contribution in [2.24, 2.45) is 47.3 Å². The normalized spacial score (nSPS) is 34.3. The minimum atomic E-state index is -1.97. The highest BCUT2D eigenvalue weighted by atomic mass is 19.1. The van der Waals surface area contributed by atoms with Crippen LogP contribution in [0.2, 0.25) is 0 Å². The molecule has 20 atom stereocenters. The summed E-state index contributed by atoms with van der Waals surface area (Å²) >= 11 is 0. The summed E-state index contributed by atoms with van der Waals surface area (Å²) < 4.78 is 91.1. The van der Waals surface area contributed by atoms with Gasteiger partial charge in [-0.3, -0.25) is 4.79 Å². The molecule has 8 rings (SSSR count). The predicted molar refractivity (Wildman–Crippen MR) is 286 cm³/mol. The highest BCUT2D eigenvalue weighted by molar-refractivity contribution is 5.91. The van der Waals surface area contributed by atoms with Gasteiger partial charge in [-0.05, 0) is 72.2 Å². The van der Waals surface area contributed by atoms with Gasteiger partial charge in [-0.1, -0.05) is 128 Å². The largest absolute Gasteiger partial charge is 0.463 e. The van der Waals surface area contributed by atoms with Crippen LogP contribution in [0.15, 0.2) is 121 Å². The first-order valence-electron chi connectivity index (χ1n) is 27.7. The molecule has 0 saturated carbocycles. The zero-order chi connectivity index (χ0) is 57.2. The fourth-order valence-electron chi connectivity index (χ4n) is 10.7. The van der Waals surface area contributed by atoms with Gasteiger partial charge >= 0.3 is 29.8 Å². The Hall–Kier alpha value is -6.12. The van der Waals surface area contributed by atoms with Gasteiger partial charge in [0.2, 0.25) is 6.36 Å². The number of esters is 5. The number of benzene rings is 4. The van der Waals surface area contributed by atoms with Crippen LogP contribution in [0.1, 0.15) is 104 Å². The van der Waals surface area contributed by atoms with E-state index in [9.17, 15) is 24.0 Å². The Bertz CT molecular complexity index is 2650. The Morgan fingerprint density at radius 3 is 0.900 bits per heavy atom. The SMILES string of the molecule is CC(=O)OCC1OC(OCC2OC(OCC3OC(OCC4OC(F)C(OC(=O)c5ccccc5)C(C)C4C)C(OC(=O)c4ccccc4)C(C)C3C)C(OC(=O)c3ccccc3)C(C)C2C)C(OC(=O)c2ccccc2)C(C)C1C. The van der Waals surface area contributed by atoms with Crippen LogP contribution in [0.5, 0.6) is 0 Å². The van der Waals surface area contributed by atoms with Crippen molar-refractivity contribution in [3.63, 3.8) is 0 Å². The van der Waals surface area contributed by atoms with Crippen LogP contribution in [0.25, 0.3) is 0 Å². The van der Waals surface area contributed by atoms with Crippen LogP contribution in [0, 0.1) is 47.3 Å². The van der Waals surface area contributed by atoms with E-state index in [0.717, 1.165) is 0 Å². The molecular formula is C62H75FO17. The number of ether oxygens (including phenoxy) is 12. The van der Waals surface area contributed by atoms with Gasteiger partial charge in [0.15, 0.2) is 43.3 Å². The summed E-state index contributed by atoms with van der Waals surface area (Å²) in [5, 5.41) is 0. The molecule has 4 heterocycles. The average molecular weight is 1110 g/mol. The number of carbonyl (C=O) groups is 5. The van der Waals surface area contributed by atoms with Gasteiger partial charge in [-0.15, -0.1) is 0 Å². The van der Waals surface area contributed by atoms with Crippen LogP contribution >= 0.6 is 0 Å². The summed E-state index contributed by atoms with van der Waals surface area (Å²) in [5.74, 6) is -5.67. The monoisotopic (exact) mass is 1110 g/mol. The van der Waals surface area contributed by atoms with Crippen LogP contribution in [-0.4, -0.2) is 130 Å². The third-order valence-electron chi connectivity index (χ3n) is 16.8. The second-order valence-corrected chi connectivity index (χ2v) is 21.8. The van der Waals surface area contributed by atoms with E-state index in [0.29, 0.717) is 16.7 Å². The molecule has 4 saturated heterocycles. The number of halogens is 1. The van der Waals surface area contributed by atoms with E-state index in [1.165, 1.54) is 6.92 Å². The Balaban J connectivity index is 1.00. The highest BCUT2D eigenvalue weighted by Gasteiger charge is 2.51. The first-order valence-corrected chi connectivity index (χ1v) is 27.7. The van der Waals surface area contributed by atoms with Crippen molar-refractivity contribution < 1.29 is 85.2 Å². The molecule has 4 fully saturated rings. The molecule has 4 aliphatic rings. The number of hydrogen-bond donors (Lipinski definition) is 0. The van der Waals surface area contributed by atoms with E-state index in [-0.39, 0.29) is 67.5 Å². The second kappa shape index (κ2) is 27.6. The Kier molecular flexibility index (Phi) is 20.7. The molecule has 4 aliphatic heterocycles. The van der Waals surface area contributed by atoms with Gasteiger partial charge < -0.3 is 56.8 Å². The van der Waals surface area contributed by atoms with Crippen molar-refractivity contribution >= 4 is 29.8 Å². The Morgan fingerprint density at radius 1 is 0.362 bits per heavy atom. The lowest BCUT2D eigenvalue weighted by Crippen LogP contribution is -2.57. The quantitative estimate of drug-likeness (QED) is 0.0635. The molecule has 4 aromatic carbocycles. The van der Waals surface area contributed by atoms with Gasteiger partial charge in [0, 0.05) is 30.6 Å².